The fraction of sp³-hybridized carbons (Fsp3) is 0.360. The van der Waals surface area contributed by atoms with E-state index in [1.165, 1.54) is 4.68 Å². The van der Waals surface area contributed by atoms with E-state index in [0.717, 1.165) is 24.2 Å². The summed E-state index contributed by atoms with van der Waals surface area (Å²) >= 11 is 0. The summed E-state index contributed by atoms with van der Waals surface area (Å²) in [5.41, 5.74) is 3.21. The number of rotatable bonds is 6. The summed E-state index contributed by atoms with van der Waals surface area (Å²) in [5.74, 6) is -0.0545. The van der Waals surface area contributed by atoms with Crippen LogP contribution in [0.4, 0.5) is 0 Å². The molecule has 1 saturated heterocycles. The van der Waals surface area contributed by atoms with Crippen molar-refractivity contribution in [1.82, 2.24) is 19.6 Å². The molecule has 3 heterocycles. The summed E-state index contributed by atoms with van der Waals surface area (Å²) in [6, 6.07) is 7.12. The van der Waals surface area contributed by atoms with E-state index in [0.29, 0.717) is 48.6 Å². The van der Waals surface area contributed by atoms with E-state index < -0.39 is 5.97 Å². The van der Waals surface area contributed by atoms with Crippen LogP contribution in [-0.4, -0.2) is 64.2 Å². The van der Waals surface area contributed by atoms with Crippen molar-refractivity contribution >= 4 is 17.8 Å². The normalized spacial score (nSPS) is 17.6. The van der Waals surface area contributed by atoms with Crippen molar-refractivity contribution < 1.29 is 23.9 Å². The number of ether oxygens (including phenoxy) is 2. The molecule has 0 bridgehead atoms. The van der Waals surface area contributed by atoms with Crippen LogP contribution in [0.1, 0.15) is 52.7 Å². The predicted octanol–water partition coefficient (Wildman–Crippen LogP) is 2.85. The molecule has 2 aliphatic heterocycles. The van der Waals surface area contributed by atoms with Crippen LogP contribution >= 0.6 is 0 Å². The maximum absolute atomic E-state index is 13.8. The third-order valence-corrected chi connectivity index (χ3v) is 6.37. The van der Waals surface area contributed by atoms with E-state index in [1.807, 2.05) is 12.2 Å². The lowest BCUT2D eigenvalue weighted by atomic mass is 9.98. The number of hydrogen-bond donors (Lipinski definition) is 0. The van der Waals surface area contributed by atoms with Gasteiger partial charge in [-0.05, 0) is 62.6 Å². The monoisotopic (exact) mass is 462 g/mol. The molecule has 0 radical (unpaired) electrons. The van der Waals surface area contributed by atoms with Gasteiger partial charge in [-0.2, -0.15) is 5.10 Å². The van der Waals surface area contributed by atoms with Crippen LogP contribution in [-0.2, 0) is 16.0 Å². The average Bonchev–Trinajstić information content (AvgIpc) is 3.22. The predicted molar refractivity (Wildman–Crippen MR) is 123 cm³/mol. The number of piperidine rings is 1. The number of fused-ring (bicyclic) bond motifs is 1. The minimum atomic E-state index is -0.547. The molecule has 9 heteroatoms. The summed E-state index contributed by atoms with van der Waals surface area (Å²) in [6.45, 7) is 2.99. The maximum atomic E-state index is 13.8. The molecule has 0 unspecified atom stereocenters. The molecule has 0 saturated carbocycles. The zero-order valence-corrected chi connectivity index (χ0v) is 19.2. The highest BCUT2D eigenvalue weighted by Crippen LogP contribution is 2.35. The summed E-state index contributed by atoms with van der Waals surface area (Å²) < 4.78 is 11.9. The molecule has 176 valence electrons. The molecule has 5 rings (SSSR count). The quantitative estimate of drug-likeness (QED) is 0.613. The number of esters is 1. The van der Waals surface area contributed by atoms with E-state index in [1.54, 1.807) is 48.1 Å². The number of nitrogens with zero attached hydrogens (tertiary/aromatic N) is 4. The van der Waals surface area contributed by atoms with E-state index in [9.17, 15) is 14.4 Å². The summed E-state index contributed by atoms with van der Waals surface area (Å²) in [4.78, 5) is 42.3. The first-order chi connectivity index (χ1) is 16.5. The Hall–Kier alpha value is -3.88. The molecule has 3 aliphatic rings. The van der Waals surface area contributed by atoms with Crippen LogP contribution in [0.3, 0.4) is 0 Å². The van der Waals surface area contributed by atoms with Crippen molar-refractivity contribution in [3.05, 3.63) is 64.8 Å². The van der Waals surface area contributed by atoms with Gasteiger partial charge in [0.25, 0.3) is 5.91 Å². The second-order valence-electron chi connectivity index (χ2n) is 8.32. The molecule has 2 aromatic rings. The van der Waals surface area contributed by atoms with Gasteiger partial charge >= 0.3 is 5.97 Å². The number of methoxy groups -OCH3 is 1. The largest absolute Gasteiger partial charge is 0.497 e. The van der Waals surface area contributed by atoms with Crippen LogP contribution in [0.15, 0.2) is 47.8 Å². The van der Waals surface area contributed by atoms with Gasteiger partial charge in [-0.25, -0.2) is 9.48 Å². The Morgan fingerprint density at radius 1 is 1.00 bits per heavy atom. The number of carbonyl (C=O) groups is 3. The van der Waals surface area contributed by atoms with Crippen molar-refractivity contribution in [1.29, 1.82) is 0 Å². The van der Waals surface area contributed by atoms with E-state index in [2.05, 4.69) is 5.10 Å². The first-order valence-electron chi connectivity index (χ1n) is 11.5. The lowest BCUT2D eigenvalue weighted by Crippen LogP contribution is -2.44. The Morgan fingerprint density at radius 3 is 2.38 bits per heavy atom. The number of benzene rings is 1. The molecular weight excluding hydrogens is 436 g/mol. The van der Waals surface area contributed by atoms with Gasteiger partial charge in [-0.3, -0.25) is 9.59 Å². The van der Waals surface area contributed by atoms with Gasteiger partial charge in [-0.1, -0.05) is 0 Å². The topological polar surface area (TPSA) is 94.0 Å². The second kappa shape index (κ2) is 8.81. The summed E-state index contributed by atoms with van der Waals surface area (Å²) in [5, 5.41) is 4.50. The van der Waals surface area contributed by atoms with Crippen LogP contribution in [0, 0.1) is 0 Å². The molecule has 0 atom stereocenters. The van der Waals surface area contributed by atoms with Crippen molar-refractivity contribution in [3.63, 3.8) is 0 Å². The molecule has 34 heavy (non-hydrogen) atoms. The summed E-state index contributed by atoms with van der Waals surface area (Å²) in [6.07, 6.45) is 6.55. The number of likely N-dealkylation sites (tertiary alicyclic amines) is 1. The minimum Gasteiger partial charge on any atom is -0.497 e. The lowest BCUT2D eigenvalue weighted by Gasteiger charge is -2.38. The van der Waals surface area contributed by atoms with Gasteiger partial charge in [0.2, 0.25) is 5.91 Å². The number of hydrogen-bond acceptors (Lipinski definition) is 6. The molecule has 9 nitrogen and oxygen atoms in total. The van der Waals surface area contributed by atoms with Gasteiger partial charge in [0.05, 0.1) is 30.8 Å². The fourth-order valence-electron chi connectivity index (χ4n) is 4.61. The molecule has 1 aliphatic carbocycles. The molecule has 0 spiro atoms. The van der Waals surface area contributed by atoms with Crippen molar-refractivity contribution in [3.8, 4) is 11.4 Å². The average molecular weight is 463 g/mol. The maximum Gasteiger partial charge on any atom is 0.359 e. The number of allylic oxidation sites excluding steroid dienone is 2. The number of amides is 2. The summed E-state index contributed by atoms with van der Waals surface area (Å²) in [7, 11) is 1.58. The second-order valence-corrected chi connectivity index (χ2v) is 8.32. The first kappa shape index (κ1) is 21.9. The Bertz CT molecular complexity index is 1220. The van der Waals surface area contributed by atoms with Crippen LogP contribution in [0.25, 0.3) is 5.69 Å². The van der Waals surface area contributed by atoms with Gasteiger partial charge in [0.1, 0.15) is 11.4 Å². The molecule has 0 N–H and O–H groups in total. The standard InChI is InChI=1S/C25H26N4O5/c1-3-34-25(32)22-18-13-15-28(20-12-11-19(20)27-14-5-4-6-21(27)30)24(31)23(18)29(26-22)16-7-9-17(33-2)10-8-16/h7-12H,3-6,13-15H2,1-2H3. The highest BCUT2D eigenvalue weighted by molar-refractivity contribution is 6.01. The van der Waals surface area contributed by atoms with Crippen LogP contribution < -0.4 is 4.74 Å². The van der Waals surface area contributed by atoms with Gasteiger partial charge < -0.3 is 19.3 Å². The third kappa shape index (κ3) is 3.57. The number of aromatic nitrogens is 2. The van der Waals surface area contributed by atoms with Crippen LogP contribution in [0.2, 0.25) is 0 Å². The van der Waals surface area contributed by atoms with Crippen molar-refractivity contribution in [2.75, 3.05) is 26.8 Å². The highest BCUT2D eigenvalue weighted by Gasteiger charge is 2.39. The Balaban J connectivity index is 1.51. The highest BCUT2D eigenvalue weighted by atomic mass is 16.5. The van der Waals surface area contributed by atoms with E-state index in [-0.39, 0.29) is 24.1 Å². The Kier molecular flexibility index (Phi) is 5.69. The SMILES string of the molecule is CCOC(=O)c1nn(-c2ccc(OC)cc2)c2c1CCN(C1=CC=C1N1CCCCC1=O)C2=O. The Labute approximate surface area is 197 Å². The van der Waals surface area contributed by atoms with E-state index >= 15 is 0 Å². The molecule has 1 aromatic carbocycles. The van der Waals surface area contributed by atoms with Crippen LogP contribution in [0.5, 0.6) is 5.75 Å². The molecule has 2 amide bonds. The minimum absolute atomic E-state index is 0.0844. The molecule has 1 fully saturated rings. The van der Waals surface area contributed by atoms with Gasteiger partial charge in [0.15, 0.2) is 5.69 Å². The zero-order valence-electron chi connectivity index (χ0n) is 19.2. The van der Waals surface area contributed by atoms with Crippen molar-refractivity contribution in [2.24, 2.45) is 0 Å². The fourth-order valence-corrected chi connectivity index (χ4v) is 4.61. The van der Waals surface area contributed by atoms with Gasteiger partial charge in [-0.15, -0.1) is 0 Å². The zero-order chi connectivity index (χ0) is 23.8. The third-order valence-electron chi connectivity index (χ3n) is 6.37. The van der Waals surface area contributed by atoms with Gasteiger partial charge in [0, 0.05) is 25.1 Å². The van der Waals surface area contributed by atoms with Crippen molar-refractivity contribution in [2.45, 2.75) is 32.6 Å². The number of carbonyl (C=O) groups excluding carboxylic acids is 3. The first-order valence-corrected chi connectivity index (χ1v) is 11.5. The molecule has 1 aromatic heterocycles. The smallest absolute Gasteiger partial charge is 0.359 e. The van der Waals surface area contributed by atoms with E-state index in [4.69, 9.17) is 9.47 Å². The lowest BCUT2D eigenvalue weighted by molar-refractivity contribution is -0.131. The molecular formula is C25H26N4O5. The Morgan fingerprint density at radius 2 is 1.74 bits per heavy atom.